The number of allylic oxidation sites excluding steroid dienone is 4. The maximum absolute atomic E-state index is 6.90. The van der Waals surface area contributed by atoms with Crippen molar-refractivity contribution >= 4 is 22.6 Å². The summed E-state index contributed by atoms with van der Waals surface area (Å²) in [6, 6.07) is 54.6. The fraction of sp³-hybridized carbons (Fsp3) is 0.0800. The molecule has 1 aliphatic heterocycles. The lowest BCUT2D eigenvalue weighted by molar-refractivity contribution is 0.359. The van der Waals surface area contributed by atoms with Crippen LogP contribution in [0.3, 0.4) is 0 Å². The van der Waals surface area contributed by atoms with Crippen molar-refractivity contribution in [2.75, 3.05) is 4.90 Å². The molecule has 1 heterocycles. The van der Waals surface area contributed by atoms with Crippen molar-refractivity contribution in [3.8, 4) is 45.3 Å². The molecule has 254 valence electrons. The average molecular weight is 684 g/mol. The van der Waals surface area contributed by atoms with Gasteiger partial charge in [-0.2, -0.15) is 0 Å². The van der Waals surface area contributed by atoms with Gasteiger partial charge in [0.05, 0.1) is 11.1 Å². The van der Waals surface area contributed by atoms with Crippen molar-refractivity contribution in [3.05, 3.63) is 203 Å². The monoisotopic (exact) mass is 683 g/mol. The summed E-state index contributed by atoms with van der Waals surface area (Å²) < 4.78 is 13.6. The molecule has 53 heavy (non-hydrogen) atoms. The molecular weight excluding hydrogens is 647 g/mol. The number of anilines is 3. The number of hydrogen-bond acceptors (Lipinski definition) is 3. The lowest BCUT2D eigenvalue weighted by Crippen LogP contribution is -2.25. The van der Waals surface area contributed by atoms with Crippen molar-refractivity contribution in [1.29, 1.82) is 0 Å². The third-order valence-electron chi connectivity index (χ3n) is 11.1. The molecular formula is C50H37NO2. The van der Waals surface area contributed by atoms with Gasteiger partial charge in [-0.25, -0.2) is 0 Å². The van der Waals surface area contributed by atoms with Crippen LogP contribution in [0.5, 0.6) is 23.0 Å². The Morgan fingerprint density at radius 1 is 0.491 bits per heavy atom. The second-order valence-electron chi connectivity index (χ2n) is 14.0. The van der Waals surface area contributed by atoms with E-state index < -0.39 is 5.41 Å². The summed E-state index contributed by atoms with van der Waals surface area (Å²) in [7, 11) is 0. The van der Waals surface area contributed by atoms with E-state index in [0.717, 1.165) is 34.1 Å². The summed E-state index contributed by atoms with van der Waals surface area (Å²) in [5, 5.41) is 0. The fourth-order valence-electron chi connectivity index (χ4n) is 8.80. The Bertz CT molecular complexity index is 2620. The molecule has 3 nitrogen and oxygen atoms in total. The number of hydrogen-bond donors (Lipinski definition) is 0. The van der Waals surface area contributed by atoms with Crippen LogP contribution in [0.2, 0.25) is 0 Å². The fourth-order valence-corrected chi connectivity index (χ4v) is 8.80. The van der Waals surface area contributed by atoms with E-state index in [1.165, 1.54) is 55.6 Å². The first kappa shape index (κ1) is 31.2. The van der Waals surface area contributed by atoms with E-state index in [1.807, 2.05) is 6.07 Å². The normalized spacial score (nSPS) is 14.1. The van der Waals surface area contributed by atoms with Crippen LogP contribution in [0, 0.1) is 6.92 Å². The molecule has 2 aliphatic carbocycles. The second kappa shape index (κ2) is 12.0. The van der Waals surface area contributed by atoms with Gasteiger partial charge in [0.25, 0.3) is 0 Å². The van der Waals surface area contributed by atoms with Crippen molar-refractivity contribution in [2.45, 2.75) is 26.2 Å². The third kappa shape index (κ3) is 4.60. The highest BCUT2D eigenvalue weighted by Gasteiger charge is 2.52. The van der Waals surface area contributed by atoms with E-state index in [0.29, 0.717) is 11.5 Å². The highest BCUT2D eigenvalue weighted by Crippen LogP contribution is 2.64. The van der Waals surface area contributed by atoms with E-state index in [2.05, 4.69) is 189 Å². The predicted octanol–water partition coefficient (Wildman–Crippen LogP) is 13.7. The molecule has 1 spiro atoms. The second-order valence-corrected chi connectivity index (χ2v) is 14.0. The van der Waals surface area contributed by atoms with Gasteiger partial charge < -0.3 is 14.4 Å². The van der Waals surface area contributed by atoms with Gasteiger partial charge in [-0.05, 0) is 125 Å². The Labute approximate surface area is 310 Å². The van der Waals surface area contributed by atoms with Gasteiger partial charge in [0, 0.05) is 17.4 Å². The Hall–Kier alpha value is -6.58. The average Bonchev–Trinajstić information content (AvgIpc) is 3.66. The summed E-state index contributed by atoms with van der Waals surface area (Å²) in [4.78, 5) is 2.28. The molecule has 7 aromatic rings. The van der Waals surface area contributed by atoms with Crippen LogP contribution < -0.4 is 14.4 Å². The van der Waals surface area contributed by atoms with Crippen molar-refractivity contribution in [3.63, 3.8) is 0 Å². The van der Waals surface area contributed by atoms with Gasteiger partial charge in [-0.3, -0.25) is 0 Å². The first-order valence-electron chi connectivity index (χ1n) is 18.3. The van der Waals surface area contributed by atoms with Crippen LogP contribution in [0.1, 0.15) is 47.2 Å². The lowest BCUT2D eigenvalue weighted by Gasteiger charge is -2.31. The van der Waals surface area contributed by atoms with Gasteiger partial charge in [0.2, 0.25) is 0 Å². The van der Waals surface area contributed by atoms with Crippen LogP contribution in [0.4, 0.5) is 17.1 Å². The molecule has 3 heteroatoms. The molecule has 0 aromatic heterocycles. The minimum Gasteiger partial charge on any atom is -0.449 e. The smallest absolute Gasteiger partial charge is 0.172 e. The van der Waals surface area contributed by atoms with Gasteiger partial charge in [0.1, 0.15) is 0 Å². The molecule has 10 rings (SSSR count). The molecule has 0 N–H and O–H groups in total. The van der Waals surface area contributed by atoms with Gasteiger partial charge in [-0.15, -0.1) is 0 Å². The van der Waals surface area contributed by atoms with E-state index in [-0.39, 0.29) is 0 Å². The zero-order chi connectivity index (χ0) is 35.7. The van der Waals surface area contributed by atoms with Gasteiger partial charge in [0.15, 0.2) is 23.0 Å². The number of benzene rings is 7. The minimum absolute atomic E-state index is 0.453. The number of nitrogens with zero attached hydrogens (tertiary/aromatic N) is 1. The van der Waals surface area contributed by atoms with E-state index in [9.17, 15) is 0 Å². The van der Waals surface area contributed by atoms with Gasteiger partial charge in [-0.1, -0.05) is 121 Å². The highest BCUT2D eigenvalue weighted by molar-refractivity contribution is 5.96. The highest BCUT2D eigenvalue weighted by atomic mass is 16.6. The molecule has 3 aliphatic rings. The van der Waals surface area contributed by atoms with E-state index in [1.54, 1.807) is 0 Å². The molecule has 0 saturated heterocycles. The Morgan fingerprint density at radius 2 is 1.06 bits per heavy atom. The molecule has 0 bridgehead atoms. The quantitative estimate of drug-likeness (QED) is 0.169. The molecule has 0 unspecified atom stereocenters. The lowest BCUT2D eigenvalue weighted by atomic mass is 9.70. The molecule has 0 fully saturated rings. The Morgan fingerprint density at radius 3 is 1.72 bits per heavy atom. The van der Waals surface area contributed by atoms with Crippen LogP contribution in [0.15, 0.2) is 170 Å². The van der Waals surface area contributed by atoms with Crippen LogP contribution in [-0.2, 0) is 5.41 Å². The minimum atomic E-state index is -0.453. The van der Waals surface area contributed by atoms with Crippen molar-refractivity contribution in [1.82, 2.24) is 0 Å². The number of rotatable bonds is 5. The molecule has 0 saturated carbocycles. The number of aryl methyl sites for hydroxylation is 1. The van der Waals surface area contributed by atoms with Crippen molar-refractivity contribution in [2.24, 2.45) is 0 Å². The summed E-state index contributed by atoms with van der Waals surface area (Å²) in [5.41, 5.74) is 16.3. The largest absolute Gasteiger partial charge is 0.449 e. The maximum atomic E-state index is 6.90. The third-order valence-corrected chi connectivity index (χ3v) is 11.1. The predicted molar refractivity (Wildman–Crippen MR) is 217 cm³/mol. The number of ether oxygens (including phenoxy) is 2. The SMILES string of the molecule is C/C=C\C(=C/C)c1cccc(N(c2ccc(C)cc2)c2ccc3c(c2)Oc2cc4c(cc2O3)-c2ccccc2C42c3ccccc3-c3ccccc32)c1. The summed E-state index contributed by atoms with van der Waals surface area (Å²) >= 11 is 0. The van der Waals surface area contributed by atoms with Crippen LogP contribution >= 0.6 is 0 Å². The first-order chi connectivity index (χ1) is 26.1. The topological polar surface area (TPSA) is 21.7 Å². The molecule has 0 amide bonds. The summed E-state index contributed by atoms with van der Waals surface area (Å²) in [5.74, 6) is 2.82. The van der Waals surface area contributed by atoms with Crippen molar-refractivity contribution < 1.29 is 9.47 Å². The van der Waals surface area contributed by atoms with E-state index >= 15 is 0 Å². The molecule has 0 radical (unpaired) electrons. The summed E-state index contributed by atoms with van der Waals surface area (Å²) in [6.07, 6.45) is 6.39. The standard InChI is InChI=1S/C50H37NO2/c1-4-13-33(5-2)34-14-12-15-36(28-34)51(35-24-22-32(3)23-25-35)37-26-27-46-47(29-37)53-49-31-45-41(30-48(49)52-46)40-18-8-11-21-44(40)50(45)42-19-9-6-16-38(42)39-17-7-10-20-43(39)50/h4-31H,1-3H3/b13-4-,33-5+. The van der Waals surface area contributed by atoms with E-state index in [4.69, 9.17) is 9.47 Å². The zero-order valence-corrected chi connectivity index (χ0v) is 29.9. The Balaban J connectivity index is 1.11. The Kier molecular flexibility index (Phi) is 7.06. The zero-order valence-electron chi connectivity index (χ0n) is 29.9. The molecule has 7 aromatic carbocycles. The maximum Gasteiger partial charge on any atom is 0.172 e. The first-order valence-corrected chi connectivity index (χ1v) is 18.3. The number of fused-ring (bicyclic) bond motifs is 12. The van der Waals surface area contributed by atoms with Crippen LogP contribution in [-0.4, -0.2) is 0 Å². The summed E-state index contributed by atoms with van der Waals surface area (Å²) in [6.45, 7) is 6.25. The van der Waals surface area contributed by atoms with Crippen LogP contribution in [0.25, 0.3) is 27.8 Å². The molecule has 0 atom stereocenters. The van der Waals surface area contributed by atoms with Gasteiger partial charge >= 0.3 is 0 Å².